The highest BCUT2D eigenvalue weighted by Gasteiger charge is 2.16. The molecule has 1 heterocycles. The Kier molecular flexibility index (Phi) is 10.0. The molecule has 0 aliphatic carbocycles. The quantitative estimate of drug-likeness (QED) is 0.320. The Morgan fingerprint density at radius 2 is 0.872 bits per heavy atom. The molecule has 5 rings (SSSR count). The molecule has 0 amide bonds. The summed E-state index contributed by atoms with van der Waals surface area (Å²) in [5.74, 6) is 1.85. The molecule has 0 atom stereocenters. The van der Waals surface area contributed by atoms with Crippen LogP contribution in [-0.4, -0.2) is 49.3 Å². The second kappa shape index (κ2) is 14.5. The van der Waals surface area contributed by atoms with Crippen molar-refractivity contribution in [2.75, 3.05) is 39.5 Å². The zero-order valence-electron chi connectivity index (χ0n) is 22.6. The van der Waals surface area contributed by atoms with Gasteiger partial charge < -0.3 is 14.2 Å². The molecule has 0 unspecified atom stereocenters. The van der Waals surface area contributed by atoms with Gasteiger partial charge in [0.15, 0.2) is 0 Å². The third-order valence-corrected chi connectivity index (χ3v) is 6.93. The summed E-state index contributed by atoms with van der Waals surface area (Å²) in [6, 6.07) is 38.2. The van der Waals surface area contributed by atoms with Crippen LogP contribution in [0.5, 0.6) is 11.5 Å². The van der Waals surface area contributed by atoms with Gasteiger partial charge in [-0.05, 0) is 23.3 Å². The topological polar surface area (TPSA) is 34.2 Å². The SMILES string of the molecule is c1ccc(CN2CCN(Cc3ccccc3)Cc3ccccc3OCCOCCOc3ccccc3C2)cc1. The lowest BCUT2D eigenvalue weighted by Gasteiger charge is -2.29. The van der Waals surface area contributed by atoms with E-state index in [0.717, 1.165) is 50.8 Å². The average molecular weight is 523 g/mol. The number of fused-ring (bicyclic) bond motifs is 2. The third kappa shape index (κ3) is 8.42. The van der Waals surface area contributed by atoms with Gasteiger partial charge in [-0.3, -0.25) is 9.80 Å². The Balaban J connectivity index is 1.42. The fourth-order valence-corrected chi connectivity index (χ4v) is 4.95. The molecule has 0 fully saturated rings. The highest BCUT2D eigenvalue weighted by Crippen LogP contribution is 2.23. The van der Waals surface area contributed by atoms with Crippen molar-refractivity contribution in [1.29, 1.82) is 0 Å². The predicted molar refractivity (Wildman–Crippen MR) is 156 cm³/mol. The molecular formula is C34H38N2O3. The predicted octanol–water partition coefficient (Wildman–Crippen LogP) is 6.18. The van der Waals surface area contributed by atoms with Crippen molar-refractivity contribution < 1.29 is 14.2 Å². The van der Waals surface area contributed by atoms with Crippen LogP contribution in [0.4, 0.5) is 0 Å². The minimum atomic E-state index is 0.511. The summed E-state index contributed by atoms with van der Waals surface area (Å²) in [5.41, 5.74) is 5.01. The Bertz CT molecular complexity index is 1170. The molecular weight excluding hydrogens is 484 g/mol. The van der Waals surface area contributed by atoms with Crippen LogP contribution in [0, 0.1) is 0 Å². The number of benzene rings is 4. The molecule has 5 nitrogen and oxygen atoms in total. The van der Waals surface area contributed by atoms with E-state index in [1.165, 1.54) is 22.3 Å². The molecule has 1 aliphatic heterocycles. The number of para-hydroxylation sites is 2. The second-order valence-electron chi connectivity index (χ2n) is 9.92. The highest BCUT2D eigenvalue weighted by molar-refractivity contribution is 5.34. The van der Waals surface area contributed by atoms with Gasteiger partial charge in [-0.2, -0.15) is 0 Å². The molecule has 4 aromatic rings. The standard InChI is InChI=1S/C34H38N2O3/c1-3-11-29(12-4-1)25-35-19-20-36(26-30-13-5-2-6-14-30)28-32-16-8-10-18-34(32)39-24-22-37-21-23-38-33-17-9-7-15-31(33)27-35/h1-18H,19-28H2. The smallest absolute Gasteiger partial charge is 0.123 e. The van der Waals surface area contributed by atoms with E-state index in [0.29, 0.717) is 26.4 Å². The zero-order chi connectivity index (χ0) is 26.5. The van der Waals surface area contributed by atoms with E-state index < -0.39 is 0 Å². The molecule has 0 saturated heterocycles. The number of nitrogens with zero attached hydrogens (tertiary/aromatic N) is 2. The van der Waals surface area contributed by atoms with Crippen molar-refractivity contribution in [3.8, 4) is 11.5 Å². The fourth-order valence-electron chi connectivity index (χ4n) is 4.95. The molecule has 0 radical (unpaired) electrons. The largest absolute Gasteiger partial charge is 0.491 e. The highest BCUT2D eigenvalue weighted by atomic mass is 16.5. The van der Waals surface area contributed by atoms with E-state index in [2.05, 4.69) is 107 Å². The summed E-state index contributed by atoms with van der Waals surface area (Å²) < 4.78 is 18.1. The van der Waals surface area contributed by atoms with Gasteiger partial charge in [0.2, 0.25) is 0 Å². The summed E-state index contributed by atoms with van der Waals surface area (Å²) in [6.45, 7) is 7.28. The summed E-state index contributed by atoms with van der Waals surface area (Å²) in [7, 11) is 0. The van der Waals surface area contributed by atoms with Crippen molar-refractivity contribution >= 4 is 0 Å². The first-order chi connectivity index (χ1) is 19.3. The number of hydrogen-bond acceptors (Lipinski definition) is 5. The van der Waals surface area contributed by atoms with E-state index >= 15 is 0 Å². The minimum Gasteiger partial charge on any atom is -0.491 e. The van der Waals surface area contributed by atoms with Crippen LogP contribution < -0.4 is 9.47 Å². The van der Waals surface area contributed by atoms with E-state index in [-0.39, 0.29) is 0 Å². The zero-order valence-corrected chi connectivity index (χ0v) is 22.6. The molecule has 39 heavy (non-hydrogen) atoms. The molecule has 202 valence electrons. The normalized spacial score (nSPS) is 16.2. The monoisotopic (exact) mass is 522 g/mol. The average Bonchev–Trinajstić information content (AvgIpc) is 2.97. The van der Waals surface area contributed by atoms with Crippen LogP contribution in [0.3, 0.4) is 0 Å². The lowest BCUT2D eigenvalue weighted by atomic mass is 10.1. The Labute approximate surface area is 232 Å². The molecule has 0 spiro atoms. The summed E-state index contributed by atoms with van der Waals surface area (Å²) >= 11 is 0. The molecule has 0 bridgehead atoms. The van der Waals surface area contributed by atoms with Gasteiger partial charge in [-0.15, -0.1) is 0 Å². The van der Waals surface area contributed by atoms with Crippen LogP contribution in [0.15, 0.2) is 109 Å². The molecule has 0 N–H and O–H groups in total. The van der Waals surface area contributed by atoms with Crippen LogP contribution in [0.1, 0.15) is 22.3 Å². The van der Waals surface area contributed by atoms with Gasteiger partial charge in [-0.25, -0.2) is 0 Å². The first-order valence-electron chi connectivity index (χ1n) is 13.9. The molecule has 1 aliphatic rings. The lowest BCUT2D eigenvalue weighted by molar-refractivity contribution is 0.0757. The number of rotatable bonds is 4. The van der Waals surface area contributed by atoms with Gasteiger partial charge in [0.25, 0.3) is 0 Å². The first-order valence-corrected chi connectivity index (χ1v) is 13.9. The number of ether oxygens (including phenoxy) is 3. The first kappa shape index (κ1) is 26.9. The maximum Gasteiger partial charge on any atom is 0.123 e. The summed E-state index contributed by atoms with van der Waals surface area (Å²) in [4.78, 5) is 5.04. The van der Waals surface area contributed by atoms with Gasteiger partial charge in [-0.1, -0.05) is 97.1 Å². The lowest BCUT2D eigenvalue weighted by Crippen LogP contribution is -2.34. The molecule has 0 aromatic heterocycles. The summed E-state index contributed by atoms with van der Waals surface area (Å²) in [6.07, 6.45) is 0. The third-order valence-electron chi connectivity index (χ3n) is 6.93. The Hall–Kier alpha value is -3.64. The van der Waals surface area contributed by atoms with Crippen LogP contribution in [0.25, 0.3) is 0 Å². The minimum absolute atomic E-state index is 0.511. The van der Waals surface area contributed by atoms with Crippen molar-refractivity contribution in [3.63, 3.8) is 0 Å². The van der Waals surface area contributed by atoms with E-state index in [1.807, 2.05) is 12.1 Å². The second-order valence-corrected chi connectivity index (χ2v) is 9.92. The van der Waals surface area contributed by atoms with Gasteiger partial charge in [0.1, 0.15) is 24.7 Å². The van der Waals surface area contributed by atoms with Crippen LogP contribution >= 0.6 is 0 Å². The maximum atomic E-state index is 6.17. The van der Waals surface area contributed by atoms with E-state index in [4.69, 9.17) is 14.2 Å². The Morgan fingerprint density at radius 3 is 1.33 bits per heavy atom. The van der Waals surface area contributed by atoms with Crippen molar-refractivity contribution in [3.05, 3.63) is 131 Å². The number of hydrogen-bond donors (Lipinski definition) is 0. The van der Waals surface area contributed by atoms with Crippen LogP contribution in [0.2, 0.25) is 0 Å². The van der Waals surface area contributed by atoms with E-state index in [1.54, 1.807) is 0 Å². The van der Waals surface area contributed by atoms with Gasteiger partial charge in [0.05, 0.1) is 13.2 Å². The van der Waals surface area contributed by atoms with Crippen molar-refractivity contribution in [2.45, 2.75) is 26.2 Å². The van der Waals surface area contributed by atoms with Gasteiger partial charge in [0, 0.05) is 50.4 Å². The molecule has 5 heteroatoms. The summed E-state index contributed by atoms with van der Waals surface area (Å²) in [5, 5.41) is 0. The van der Waals surface area contributed by atoms with E-state index in [9.17, 15) is 0 Å². The fraction of sp³-hybridized carbons (Fsp3) is 0.294. The van der Waals surface area contributed by atoms with Gasteiger partial charge >= 0.3 is 0 Å². The Morgan fingerprint density at radius 1 is 0.462 bits per heavy atom. The van der Waals surface area contributed by atoms with Crippen molar-refractivity contribution in [2.24, 2.45) is 0 Å². The molecule has 0 saturated carbocycles. The van der Waals surface area contributed by atoms with Crippen LogP contribution in [-0.2, 0) is 30.9 Å². The molecule has 4 aromatic carbocycles. The van der Waals surface area contributed by atoms with Crippen molar-refractivity contribution in [1.82, 2.24) is 9.80 Å². The maximum absolute atomic E-state index is 6.17.